The molecule has 128 valence electrons. The van der Waals surface area contributed by atoms with Crippen LogP contribution in [0.1, 0.15) is 18.4 Å². The molecule has 0 aliphatic carbocycles. The van der Waals surface area contributed by atoms with Gasteiger partial charge >= 0.3 is 0 Å². The zero-order valence-electron chi connectivity index (χ0n) is 12.8. The third kappa shape index (κ3) is 3.08. The molecule has 1 unspecified atom stereocenters. The SMILES string of the molecule is Cc1cccc([N+](=O)[O-])c1S(=O)(=O)N1CCC2(CCNC2)C1.Cl. The molecule has 0 amide bonds. The Balaban J connectivity index is 0.00000192. The predicted octanol–water partition coefficient (Wildman–Crippen LogP) is 1.70. The van der Waals surface area contributed by atoms with E-state index in [9.17, 15) is 18.5 Å². The van der Waals surface area contributed by atoms with Crippen LogP contribution in [0.25, 0.3) is 0 Å². The molecule has 2 heterocycles. The van der Waals surface area contributed by atoms with Crippen molar-refractivity contribution in [2.24, 2.45) is 5.41 Å². The van der Waals surface area contributed by atoms with Crippen LogP contribution >= 0.6 is 12.4 Å². The minimum absolute atomic E-state index is 0. The molecule has 3 rings (SSSR count). The van der Waals surface area contributed by atoms with Crippen molar-refractivity contribution in [3.05, 3.63) is 33.9 Å². The van der Waals surface area contributed by atoms with Crippen LogP contribution in [0.5, 0.6) is 0 Å². The minimum atomic E-state index is -3.84. The smallest absolute Gasteiger partial charge is 0.289 e. The molecule has 23 heavy (non-hydrogen) atoms. The number of nitrogens with one attached hydrogen (secondary N) is 1. The summed E-state index contributed by atoms with van der Waals surface area (Å²) >= 11 is 0. The number of hydrogen-bond donors (Lipinski definition) is 1. The van der Waals surface area contributed by atoms with E-state index in [2.05, 4.69) is 5.32 Å². The summed E-state index contributed by atoms with van der Waals surface area (Å²) in [6.45, 7) is 4.18. The number of halogens is 1. The minimum Gasteiger partial charge on any atom is -0.316 e. The number of aryl methyl sites for hydroxylation is 1. The van der Waals surface area contributed by atoms with Gasteiger partial charge in [0.15, 0.2) is 4.90 Å². The highest BCUT2D eigenvalue weighted by Crippen LogP contribution is 2.40. The Morgan fingerprint density at radius 1 is 1.35 bits per heavy atom. The molecule has 1 spiro atoms. The lowest BCUT2D eigenvalue weighted by Gasteiger charge is -2.23. The Morgan fingerprint density at radius 2 is 2.09 bits per heavy atom. The van der Waals surface area contributed by atoms with Crippen LogP contribution in [0, 0.1) is 22.5 Å². The second-order valence-corrected chi connectivity index (χ2v) is 8.07. The van der Waals surface area contributed by atoms with E-state index in [1.807, 2.05) is 0 Å². The van der Waals surface area contributed by atoms with Crippen LogP contribution in [0.3, 0.4) is 0 Å². The molecule has 1 N–H and O–H groups in total. The predicted molar refractivity (Wildman–Crippen MR) is 88.4 cm³/mol. The quantitative estimate of drug-likeness (QED) is 0.653. The lowest BCUT2D eigenvalue weighted by Crippen LogP contribution is -2.34. The highest BCUT2D eigenvalue weighted by Gasteiger charge is 2.46. The van der Waals surface area contributed by atoms with E-state index in [-0.39, 0.29) is 28.4 Å². The van der Waals surface area contributed by atoms with Crippen LogP contribution in [-0.4, -0.2) is 43.8 Å². The average molecular weight is 362 g/mol. The molecule has 2 aliphatic heterocycles. The van der Waals surface area contributed by atoms with Crippen LogP contribution in [-0.2, 0) is 10.0 Å². The number of nitro benzene ring substituents is 1. The maximum absolute atomic E-state index is 12.9. The molecule has 9 heteroatoms. The van der Waals surface area contributed by atoms with Crippen molar-refractivity contribution in [1.82, 2.24) is 9.62 Å². The first-order valence-corrected chi connectivity index (χ1v) is 8.75. The number of nitro groups is 1. The average Bonchev–Trinajstić information content (AvgIpc) is 3.09. The Hall–Kier alpha value is -1.22. The fourth-order valence-electron chi connectivity index (χ4n) is 3.49. The van der Waals surface area contributed by atoms with E-state index in [0.29, 0.717) is 18.7 Å². The summed E-state index contributed by atoms with van der Waals surface area (Å²) in [5, 5.41) is 14.5. The van der Waals surface area contributed by atoms with E-state index >= 15 is 0 Å². The summed E-state index contributed by atoms with van der Waals surface area (Å²) in [7, 11) is -3.84. The first kappa shape index (κ1) is 18.1. The van der Waals surface area contributed by atoms with E-state index in [1.165, 1.54) is 16.4 Å². The fourth-order valence-corrected chi connectivity index (χ4v) is 5.40. The summed E-state index contributed by atoms with van der Waals surface area (Å²) in [4.78, 5) is 10.4. The third-order valence-electron chi connectivity index (χ3n) is 4.72. The third-order valence-corrected chi connectivity index (χ3v) is 6.76. The number of nitrogens with zero attached hydrogens (tertiary/aromatic N) is 2. The molecule has 1 aromatic carbocycles. The van der Waals surface area contributed by atoms with Crippen molar-refractivity contribution in [3.8, 4) is 0 Å². The Labute approximate surface area is 141 Å². The van der Waals surface area contributed by atoms with Gasteiger partial charge in [0.25, 0.3) is 5.69 Å². The summed E-state index contributed by atoms with van der Waals surface area (Å²) in [6, 6.07) is 4.37. The van der Waals surface area contributed by atoms with Gasteiger partial charge in [0.1, 0.15) is 0 Å². The van der Waals surface area contributed by atoms with Gasteiger partial charge in [-0.25, -0.2) is 8.42 Å². The molecule has 0 radical (unpaired) electrons. The van der Waals surface area contributed by atoms with E-state index in [1.54, 1.807) is 13.0 Å². The standard InChI is InChI=1S/C14H19N3O4S.ClH/c1-11-3-2-4-12(17(18)19)13(11)22(20,21)16-8-6-14(10-16)5-7-15-9-14;/h2-4,15H,5-10H2,1H3;1H. The van der Waals surface area contributed by atoms with Crippen molar-refractivity contribution >= 4 is 28.1 Å². The molecule has 2 aliphatic rings. The zero-order valence-corrected chi connectivity index (χ0v) is 14.5. The first-order valence-electron chi connectivity index (χ1n) is 7.31. The van der Waals surface area contributed by atoms with Gasteiger partial charge in [0, 0.05) is 25.7 Å². The summed E-state index contributed by atoms with van der Waals surface area (Å²) < 4.78 is 27.3. The van der Waals surface area contributed by atoms with Crippen molar-refractivity contribution in [3.63, 3.8) is 0 Å². The molecular formula is C14H20ClN3O4S. The molecule has 1 atom stereocenters. The number of benzene rings is 1. The maximum Gasteiger partial charge on any atom is 0.289 e. The maximum atomic E-state index is 12.9. The van der Waals surface area contributed by atoms with Crippen molar-refractivity contribution < 1.29 is 13.3 Å². The van der Waals surface area contributed by atoms with Crippen LogP contribution in [0.2, 0.25) is 0 Å². The van der Waals surface area contributed by atoms with Gasteiger partial charge in [0.2, 0.25) is 10.0 Å². The number of hydrogen-bond acceptors (Lipinski definition) is 5. The molecule has 2 saturated heterocycles. The second kappa shape index (κ2) is 6.35. The largest absolute Gasteiger partial charge is 0.316 e. The lowest BCUT2D eigenvalue weighted by molar-refractivity contribution is -0.387. The number of rotatable bonds is 3. The molecule has 0 bridgehead atoms. The number of sulfonamides is 1. The van der Waals surface area contributed by atoms with Crippen molar-refractivity contribution in [1.29, 1.82) is 0 Å². The summed E-state index contributed by atoms with van der Waals surface area (Å²) in [5.41, 5.74) is 0.0649. The molecule has 2 fully saturated rings. The van der Waals surface area contributed by atoms with Gasteiger partial charge in [0.05, 0.1) is 4.92 Å². The van der Waals surface area contributed by atoms with Gasteiger partial charge in [-0.15, -0.1) is 12.4 Å². The monoisotopic (exact) mass is 361 g/mol. The van der Waals surface area contributed by atoms with E-state index in [0.717, 1.165) is 25.9 Å². The van der Waals surface area contributed by atoms with Crippen LogP contribution in [0.15, 0.2) is 23.1 Å². The van der Waals surface area contributed by atoms with E-state index < -0.39 is 14.9 Å². The van der Waals surface area contributed by atoms with Crippen molar-refractivity contribution in [2.45, 2.75) is 24.7 Å². The fraction of sp³-hybridized carbons (Fsp3) is 0.571. The summed E-state index contributed by atoms with van der Waals surface area (Å²) in [5.74, 6) is 0. The second-order valence-electron chi connectivity index (χ2n) is 6.20. The van der Waals surface area contributed by atoms with Crippen LogP contribution in [0.4, 0.5) is 5.69 Å². The molecule has 7 nitrogen and oxygen atoms in total. The normalized spacial score (nSPS) is 24.7. The molecular weight excluding hydrogens is 342 g/mol. The molecule has 0 saturated carbocycles. The van der Waals surface area contributed by atoms with Crippen LogP contribution < -0.4 is 5.32 Å². The van der Waals surface area contributed by atoms with Crippen molar-refractivity contribution in [2.75, 3.05) is 26.2 Å². The Morgan fingerprint density at radius 3 is 2.70 bits per heavy atom. The first-order chi connectivity index (χ1) is 10.4. The zero-order chi connectivity index (χ0) is 16.0. The van der Waals surface area contributed by atoms with Gasteiger partial charge in [-0.05, 0) is 37.3 Å². The van der Waals surface area contributed by atoms with Gasteiger partial charge in [-0.2, -0.15) is 4.31 Å². The van der Waals surface area contributed by atoms with Gasteiger partial charge < -0.3 is 5.32 Å². The Bertz CT molecular complexity index is 717. The van der Waals surface area contributed by atoms with E-state index in [4.69, 9.17) is 0 Å². The highest BCUT2D eigenvalue weighted by atomic mass is 35.5. The van der Waals surface area contributed by atoms with Gasteiger partial charge in [-0.3, -0.25) is 10.1 Å². The highest BCUT2D eigenvalue weighted by molar-refractivity contribution is 7.89. The topological polar surface area (TPSA) is 92.5 Å². The molecule has 0 aromatic heterocycles. The van der Waals surface area contributed by atoms with Gasteiger partial charge in [-0.1, -0.05) is 12.1 Å². The molecule has 1 aromatic rings. The summed E-state index contributed by atoms with van der Waals surface area (Å²) in [6.07, 6.45) is 1.76. The Kier molecular flexibility index (Phi) is 5.00. The lowest BCUT2D eigenvalue weighted by atomic mass is 9.87.